The van der Waals surface area contributed by atoms with Crippen molar-refractivity contribution in [2.45, 2.75) is 32.9 Å². The van der Waals surface area contributed by atoms with Gasteiger partial charge in [-0.2, -0.15) is 0 Å². The first-order valence-corrected chi connectivity index (χ1v) is 8.30. The monoisotopic (exact) mass is 367 g/mol. The van der Waals surface area contributed by atoms with Crippen molar-refractivity contribution in [2.75, 3.05) is 0 Å². The molecule has 1 fully saturated rings. The lowest BCUT2D eigenvalue weighted by Crippen LogP contribution is -2.41. The molecule has 0 saturated carbocycles. The summed E-state index contributed by atoms with van der Waals surface area (Å²) in [6.45, 7) is 5.31. The summed E-state index contributed by atoms with van der Waals surface area (Å²) in [6, 6.07) is 6.69. The molecule has 0 spiro atoms. The number of nitrogens with one attached hydrogen (secondary N) is 1. The van der Waals surface area contributed by atoms with Crippen LogP contribution in [0, 0.1) is 13.8 Å². The largest absolute Gasteiger partial charge is 0.361 e. The third kappa shape index (κ3) is 2.65. The highest BCUT2D eigenvalue weighted by Crippen LogP contribution is 2.31. The molecular weight excluding hydrogens is 350 g/mol. The summed E-state index contributed by atoms with van der Waals surface area (Å²) in [5.41, 5.74) is 1.51. The molecule has 2 aromatic heterocycles. The van der Waals surface area contributed by atoms with Gasteiger partial charge in [0.05, 0.1) is 17.9 Å². The van der Waals surface area contributed by atoms with Gasteiger partial charge in [0.25, 0.3) is 5.91 Å². The van der Waals surface area contributed by atoms with E-state index in [2.05, 4.69) is 26.0 Å². The van der Waals surface area contributed by atoms with Crippen molar-refractivity contribution in [2.24, 2.45) is 0 Å². The molecule has 1 saturated heterocycles. The van der Waals surface area contributed by atoms with E-state index in [-0.39, 0.29) is 12.5 Å². The SMILES string of the molecule is Cc1noc(C)c1CN1C(=O)NC(C)(c2cccc(-n3cnnn3)c2)C1=O. The van der Waals surface area contributed by atoms with E-state index in [0.717, 1.165) is 5.56 Å². The molecule has 27 heavy (non-hydrogen) atoms. The van der Waals surface area contributed by atoms with Crippen LogP contribution in [0.15, 0.2) is 35.1 Å². The van der Waals surface area contributed by atoms with Gasteiger partial charge in [-0.05, 0) is 48.9 Å². The minimum Gasteiger partial charge on any atom is -0.361 e. The van der Waals surface area contributed by atoms with Gasteiger partial charge >= 0.3 is 6.03 Å². The lowest BCUT2D eigenvalue weighted by molar-refractivity contribution is -0.131. The van der Waals surface area contributed by atoms with Gasteiger partial charge in [0.1, 0.15) is 17.6 Å². The van der Waals surface area contributed by atoms with Crippen molar-refractivity contribution in [3.05, 3.63) is 53.2 Å². The van der Waals surface area contributed by atoms with Crippen LogP contribution in [0.5, 0.6) is 0 Å². The Bertz CT molecular complexity index is 1010. The zero-order chi connectivity index (χ0) is 19.2. The van der Waals surface area contributed by atoms with E-state index < -0.39 is 11.6 Å². The second-order valence-corrected chi connectivity index (χ2v) is 6.55. The highest BCUT2D eigenvalue weighted by molar-refractivity contribution is 6.07. The van der Waals surface area contributed by atoms with Crippen LogP contribution in [0.25, 0.3) is 5.69 Å². The Morgan fingerprint density at radius 2 is 2.07 bits per heavy atom. The molecule has 3 heterocycles. The summed E-state index contributed by atoms with van der Waals surface area (Å²) in [5.74, 6) is 0.240. The van der Waals surface area contributed by atoms with Gasteiger partial charge in [-0.25, -0.2) is 9.48 Å². The first-order valence-electron chi connectivity index (χ1n) is 8.30. The summed E-state index contributed by atoms with van der Waals surface area (Å²) in [5, 5.41) is 17.7. The van der Waals surface area contributed by atoms with Crippen molar-refractivity contribution < 1.29 is 14.1 Å². The molecule has 1 N–H and O–H groups in total. The number of benzene rings is 1. The third-order valence-corrected chi connectivity index (χ3v) is 4.81. The molecule has 138 valence electrons. The quantitative estimate of drug-likeness (QED) is 0.689. The van der Waals surface area contributed by atoms with E-state index in [9.17, 15) is 9.59 Å². The Morgan fingerprint density at radius 3 is 2.74 bits per heavy atom. The molecule has 1 aliphatic heterocycles. The topological polar surface area (TPSA) is 119 Å². The maximum atomic E-state index is 13.1. The molecule has 10 nitrogen and oxygen atoms in total. The second-order valence-electron chi connectivity index (χ2n) is 6.55. The average molecular weight is 367 g/mol. The van der Waals surface area contributed by atoms with E-state index in [1.807, 2.05) is 6.07 Å². The van der Waals surface area contributed by atoms with Gasteiger partial charge in [-0.1, -0.05) is 17.3 Å². The van der Waals surface area contributed by atoms with Gasteiger partial charge in [-0.3, -0.25) is 9.69 Å². The Kier molecular flexibility index (Phi) is 3.76. The number of nitrogens with zero attached hydrogens (tertiary/aromatic N) is 6. The number of carbonyl (C=O) groups excluding carboxylic acids is 2. The zero-order valence-electron chi connectivity index (χ0n) is 15.0. The summed E-state index contributed by atoms with van der Waals surface area (Å²) in [7, 11) is 0. The van der Waals surface area contributed by atoms with E-state index in [4.69, 9.17) is 4.52 Å². The molecule has 3 aromatic rings. The van der Waals surface area contributed by atoms with Crippen molar-refractivity contribution in [1.82, 2.24) is 35.6 Å². The van der Waals surface area contributed by atoms with Crippen molar-refractivity contribution >= 4 is 11.9 Å². The van der Waals surface area contributed by atoms with Crippen molar-refractivity contribution in [3.63, 3.8) is 0 Å². The normalized spacial score (nSPS) is 19.6. The molecular formula is C17H17N7O3. The molecule has 1 aromatic carbocycles. The number of carbonyl (C=O) groups is 2. The number of tetrazole rings is 1. The fourth-order valence-electron chi connectivity index (χ4n) is 3.16. The Morgan fingerprint density at radius 1 is 1.26 bits per heavy atom. The molecule has 4 rings (SSSR count). The van der Waals surface area contributed by atoms with Crippen LogP contribution in [-0.4, -0.2) is 42.2 Å². The fourth-order valence-corrected chi connectivity index (χ4v) is 3.16. The van der Waals surface area contributed by atoms with E-state index in [1.165, 1.54) is 15.9 Å². The first-order chi connectivity index (χ1) is 12.9. The van der Waals surface area contributed by atoms with Crippen molar-refractivity contribution in [3.8, 4) is 5.69 Å². The lowest BCUT2D eigenvalue weighted by atomic mass is 9.91. The predicted molar refractivity (Wildman–Crippen MR) is 91.6 cm³/mol. The van der Waals surface area contributed by atoms with Crippen LogP contribution >= 0.6 is 0 Å². The maximum absolute atomic E-state index is 13.1. The minimum absolute atomic E-state index is 0.105. The molecule has 0 aliphatic carbocycles. The minimum atomic E-state index is -1.19. The molecule has 0 radical (unpaired) electrons. The standard InChI is InChI=1S/C17H17N7O3/c1-10-14(11(2)27-20-10)8-23-15(25)17(3,19-16(23)26)12-5-4-6-13(7-12)24-9-18-21-22-24/h4-7,9H,8H2,1-3H3,(H,19,26). The van der Waals surface area contributed by atoms with Crippen LogP contribution in [0.2, 0.25) is 0 Å². The fraction of sp³-hybridized carbons (Fsp3) is 0.294. The number of amides is 3. The number of urea groups is 1. The third-order valence-electron chi connectivity index (χ3n) is 4.81. The first kappa shape index (κ1) is 16.9. The number of aromatic nitrogens is 5. The number of hydrogen-bond acceptors (Lipinski definition) is 7. The average Bonchev–Trinajstić information content (AvgIpc) is 3.35. The molecule has 1 unspecified atom stereocenters. The van der Waals surface area contributed by atoms with Crippen LogP contribution in [0.1, 0.15) is 29.5 Å². The van der Waals surface area contributed by atoms with Gasteiger partial charge in [0.2, 0.25) is 0 Å². The van der Waals surface area contributed by atoms with E-state index in [1.54, 1.807) is 39.0 Å². The van der Waals surface area contributed by atoms with Gasteiger partial charge in [0.15, 0.2) is 0 Å². The molecule has 1 atom stereocenters. The van der Waals surface area contributed by atoms with E-state index >= 15 is 0 Å². The number of aryl methyl sites for hydroxylation is 2. The van der Waals surface area contributed by atoms with E-state index in [0.29, 0.717) is 22.7 Å². The van der Waals surface area contributed by atoms with Crippen LogP contribution in [-0.2, 0) is 16.9 Å². The maximum Gasteiger partial charge on any atom is 0.325 e. The summed E-state index contributed by atoms with van der Waals surface area (Å²) in [6.07, 6.45) is 1.46. The van der Waals surface area contributed by atoms with Crippen LogP contribution < -0.4 is 5.32 Å². The summed E-state index contributed by atoms with van der Waals surface area (Å²) >= 11 is 0. The number of rotatable bonds is 4. The van der Waals surface area contributed by atoms with Gasteiger partial charge in [-0.15, -0.1) is 5.10 Å². The zero-order valence-corrected chi connectivity index (χ0v) is 15.0. The highest BCUT2D eigenvalue weighted by Gasteiger charge is 2.49. The number of hydrogen-bond donors (Lipinski definition) is 1. The Labute approximate surface area is 154 Å². The molecule has 10 heteroatoms. The Balaban J connectivity index is 1.67. The second kappa shape index (κ2) is 6.01. The summed E-state index contributed by atoms with van der Waals surface area (Å²) in [4.78, 5) is 26.8. The molecule has 0 bridgehead atoms. The summed E-state index contributed by atoms with van der Waals surface area (Å²) < 4.78 is 6.61. The van der Waals surface area contributed by atoms with Gasteiger partial charge in [0, 0.05) is 5.56 Å². The Hall–Kier alpha value is -3.56. The lowest BCUT2D eigenvalue weighted by Gasteiger charge is -2.22. The van der Waals surface area contributed by atoms with Gasteiger partial charge < -0.3 is 9.84 Å². The highest BCUT2D eigenvalue weighted by atomic mass is 16.5. The number of imide groups is 1. The molecule has 3 amide bonds. The van der Waals surface area contributed by atoms with Crippen molar-refractivity contribution in [1.29, 1.82) is 0 Å². The predicted octanol–water partition coefficient (Wildman–Crippen LogP) is 1.23. The molecule has 1 aliphatic rings. The van der Waals surface area contributed by atoms with Crippen LogP contribution in [0.3, 0.4) is 0 Å². The van der Waals surface area contributed by atoms with Crippen LogP contribution in [0.4, 0.5) is 4.79 Å². The smallest absolute Gasteiger partial charge is 0.325 e.